The first kappa shape index (κ1) is 17.6. The van der Waals surface area contributed by atoms with Gasteiger partial charge in [-0.25, -0.2) is 4.39 Å². The number of thiophene rings is 1. The third kappa shape index (κ3) is 5.81. The number of hydrazine groups is 1. The molecule has 0 saturated heterocycles. The fraction of sp³-hybridized carbons (Fsp3) is 0.188. The van der Waals surface area contributed by atoms with Crippen molar-refractivity contribution in [1.29, 1.82) is 0 Å². The van der Waals surface area contributed by atoms with Gasteiger partial charge >= 0.3 is 0 Å². The molecule has 126 valence electrons. The third-order valence-corrected chi connectivity index (χ3v) is 3.72. The van der Waals surface area contributed by atoms with Crippen molar-refractivity contribution in [2.24, 2.45) is 0 Å². The first-order valence-electron chi connectivity index (χ1n) is 7.17. The van der Waals surface area contributed by atoms with Gasteiger partial charge in [-0.1, -0.05) is 12.1 Å². The molecular weight excluding hydrogens is 333 g/mol. The molecule has 0 unspecified atom stereocenters. The highest BCUT2D eigenvalue weighted by Gasteiger charge is 2.08. The van der Waals surface area contributed by atoms with Crippen LogP contribution in [0.25, 0.3) is 0 Å². The van der Waals surface area contributed by atoms with E-state index in [0.717, 1.165) is 0 Å². The normalized spacial score (nSPS) is 10.0. The molecule has 0 atom stereocenters. The van der Waals surface area contributed by atoms with Gasteiger partial charge in [-0.15, -0.1) is 0 Å². The third-order valence-electron chi connectivity index (χ3n) is 3.04. The first-order chi connectivity index (χ1) is 11.5. The number of carbonyl (C=O) groups is 3. The maximum absolute atomic E-state index is 12.8. The highest BCUT2D eigenvalue weighted by atomic mass is 32.1. The summed E-state index contributed by atoms with van der Waals surface area (Å²) in [4.78, 5) is 34.9. The zero-order valence-corrected chi connectivity index (χ0v) is 13.5. The number of benzene rings is 1. The zero-order chi connectivity index (χ0) is 17.4. The van der Waals surface area contributed by atoms with Crippen LogP contribution in [0, 0.1) is 5.82 Å². The Hall–Kier alpha value is -2.74. The number of hydrogen-bond donors (Lipinski definition) is 3. The van der Waals surface area contributed by atoms with Gasteiger partial charge in [0, 0.05) is 23.9 Å². The summed E-state index contributed by atoms with van der Waals surface area (Å²) in [7, 11) is 0. The van der Waals surface area contributed by atoms with E-state index in [2.05, 4.69) is 16.2 Å². The van der Waals surface area contributed by atoms with Crippen molar-refractivity contribution in [1.82, 2.24) is 16.2 Å². The van der Waals surface area contributed by atoms with E-state index in [9.17, 15) is 18.8 Å². The number of hydrogen-bond acceptors (Lipinski definition) is 4. The molecule has 1 aromatic heterocycles. The highest BCUT2D eigenvalue weighted by Crippen LogP contribution is 2.05. The summed E-state index contributed by atoms with van der Waals surface area (Å²) in [6.07, 6.45) is 0.0577. The Labute approximate surface area is 142 Å². The molecule has 0 saturated carbocycles. The smallest absolute Gasteiger partial charge is 0.252 e. The topological polar surface area (TPSA) is 87.3 Å². The summed E-state index contributed by atoms with van der Waals surface area (Å²) in [5, 5.41) is 6.11. The predicted molar refractivity (Wildman–Crippen MR) is 87.7 cm³/mol. The summed E-state index contributed by atoms with van der Waals surface area (Å²) >= 11 is 1.41. The molecule has 0 spiro atoms. The Morgan fingerprint density at radius 2 is 1.71 bits per heavy atom. The van der Waals surface area contributed by atoms with E-state index in [1.54, 1.807) is 16.8 Å². The largest absolute Gasteiger partial charge is 0.351 e. The maximum atomic E-state index is 12.8. The van der Waals surface area contributed by atoms with Gasteiger partial charge in [0.1, 0.15) is 5.82 Å². The van der Waals surface area contributed by atoms with Crippen LogP contribution >= 0.6 is 11.3 Å². The number of nitrogens with one attached hydrogen (secondary N) is 3. The Bertz CT molecular complexity index is 702. The fourth-order valence-corrected chi connectivity index (χ4v) is 2.46. The van der Waals surface area contributed by atoms with Gasteiger partial charge in [0.25, 0.3) is 5.91 Å². The fourth-order valence-electron chi connectivity index (χ4n) is 1.82. The summed E-state index contributed by atoms with van der Waals surface area (Å²) in [5.41, 5.74) is 5.71. The second-order valence-electron chi connectivity index (χ2n) is 4.92. The lowest BCUT2D eigenvalue weighted by molar-refractivity contribution is -0.128. The van der Waals surface area contributed by atoms with Crippen LogP contribution in [0.5, 0.6) is 0 Å². The SMILES string of the molecule is O=C(CCNC(=O)c1ccsc1)NNC(=O)Cc1ccc(F)cc1. The molecule has 0 aliphatic heterocycles. The van der Waals surface area contributed by atoms with E-state index in [1.165, 1.54) is 35.6 Å². The van der Waals surface area contributed by atoms with E-state index in [0.29, 0.717) is 11.1 Å². The number of amides is 3. The molecule has 1 aromatic carbocycles. The molecule has 0 radical (unpaired) electrons. The lowest BCUT2D eigenvalue weighted by Crippen LogP contribution is -2.43. The summed E-state index contributed by atoms with van der Waals surface area (Å²) in [6.45, 7) is 0.161. The molecule has 8 heteroatoms. The first-order valence-corrected chi connectivity index (χ1v) is 8.11. The van der Waals surface area contributed by atoms with Crippen molar-refractivity contribution in [2.75, 3.05) is 6.54 Å². The van der Waals surface area contributed by atoms with Gasteiger partial charge in [0.05, 0.1) is 6.42 Å². The van der Waals surface area contributed by atoms with Crippen molar-refractivity contribution in [2.45, 2.75) is 12.8 Å². The van der Waals surface area contributed by atoms with Crippen molar-refractivity contribution < 1.29 is 18.8 Å². The van der Waals surface area contributed by atoms with Gasteiger partial charge in [-0.3, -0.25) is 25.2 Å². The van der Waals surface area contributed by atoms with E-state index in [-0.39, 0.29) is 31.1 Å². The van der Waals surface area contributed by atoms with Gasteiger partial charge in [0.15, 0.2) is 0 Å². The van der Waals surface area contributed by atoms with Crippen LogP contribution in [0.1, 0.15) is 22.3 Å². The van der Waals surface area contributed by atoms with Crippen molar-refractivity contribution in [3.05, 3.63) is 58.0 Å². The van der Waals surface area contributed by atoms with Gasteiger partial charge in [0.2, 0.25) is 11.8 Å². The Morgan fingerprint density at radius 1 is 1.00 bits per heavy atom. The van der Waals surface area contributed by atoms with Gasteiger partial charge in [-0.2, -0.15) is 11.3 Å². The summed E-state index contributed by atoms with van der Waals surface area (Å²) < 4.78 is 12.8. The van der Waals surface area contributed by atoms with E-state index in [1.807, 2.05) is 0 Å². The quantitative estimate of drug-likeness (QED) is 0.689. The standard InChI is InChI=1S/C16H16FN3O3S/c17-13-3-1-11(2-4-13)9-15(22)20-19-14(21)5-7-18-16(23)12-6-8-24-10-12/h1-4,6,8,10H,5,7,9H2,(H,18,23)(H,19,21)(H,20,22). The van der Waals surface area contributed by atoms with Crippen LogP contribution in [0.3, 0.4) is 0 Å². The number of carbonyl (C=O) groups excluding carboxylic acids is 3. The maximum Gasteiger partial charge on any atom is 0.252 e. The van der Waals surface area contributed by atoms with E-state index < -0.39 is 11.8 Å². The molecule has 0 aliphatic rings. The lowest BCUT2D eigenvalue weighted by Gasteiger charge is -2.08. The second-order valence-corrected chi connectivity index (χ2v) is 5.70. The minimum Gasteiger partial charge on any atom is -0.351 e. The van der Waals surface area contributed by atoms with Crippen LogP contribution in [-0.2, 0) is 16.0 Å². The molecule has 1 heterocycles. The highest BCUT2D eigenvalue weighted by molar-refractivity contribution is 7.08. The Morgan fingerprint density at radius 3 is 2.38 bits per heavy atom. The average Bonchev–Trinajstić information content (AvgIpc) is 3.10. The van der Waals surface area contributed by atoms with Crippen molar-refractivity contribution in [3.63, 3.8) is 0 Å². The van der Waals surface area contributed by atoms with Crippen LogP contribution in [0.15, 0.2) is 41.1 Å². The summed E-state index contributed by atoms with van der Waals surface area (Å²) in [5.74, 6) is -1.47. The average molecular weight is 349 g/mol. The van der Waals surface area contributed by atoms with E-state index in [4.69, 9.17) is 0 Å². The number of rotatable bonds is 6. The molecule has 2 rings (SSSR count). The monoisotopic (exact) mass is 349 g/mol. The van der Waals surface area contributed by atoms with Gasteiger partial charge in [-0.05, 0) is 29.1 Å². The van der Waals surface area contributed by atoms with Crippen molar-refractivity contribution in [3.8, 4) is 0 Å². The molecule has 0 bridgehead atoms. The van der Waals surface area contributed by atoms with E-state index >= 15 is 0 Å². The molecular formula is C16H16FN3O3S. The Kier molecular flexibility index (Phi) is 6.44. The number of halogens is 1. The molecule has 0 aliphatic carbocycles. The Balaban J connectivity index is 1.63. The van der Waals surface area contributed by atoms with Gasteiger partial charge < -0.3 is 5.32 Å². The lowest BCUT2D eigenvalue weighted by atomic mass is 10.1. The summed E-state index contributed by atoms with van der Waals surface area (Å²) in [6, 6.07) is 7.21. The molecule has 0 fully saturated rings. The predicted octanol–water partition coefficient (Wildman–Crippen LogP) is 1.40. The van der Waals surface area contributed by atoms with Crippen LogP contribution in [0.4, 0.5) is 4.39 Å². The van der Waals surface area contributed by atoms with Crippen LogP contribution in [0.2, 0.25) is 0 Å². The van der Waals surface area contributed by atoms with Crippen molar-refractivity contribution >= 4 is 29.1 Å². The van der Waals surface area contributed by atoms with Crippen LogP contribution in [-0.4, -0.2) is 24.3 Å². The molecule has 3 amide bonds. The second kappa shape index (κ2) is 8.78. The minimum absolute atomic E-state index is 0.0233. The van der Waals surface area contributed by atoms with Crippen LogP contribution < -0.4 is 16.2 Å². The molecule has 2 aromatic rings. The molecule has 3 N–H and O–H groups in total. The zero-order valence-electron chi connectivity index (χ0n) is 12.7. The molecule has 24 heavy (non-hydrogen) atoms. The molecule has 6 nitrogen and oxygen atoms in total. The minimum atomic E-state index is -0.423.